The number of benzene rings is 3. The number of carbonyl (C=O) groups excluding carboxylic acids is 1. The fourth-order valence-corrected chi connectivity index (χ4v) is 3.37. The van der Waals surface area contributed by atoms with Gasteiger partial charge in [0.05, 0.1) is 17.3 Å². The number of nitrogens with zero attached hydrogens (tertiary/aromatic N) is 2. The number of para-hydroxylation sites is 1. The van der Waals surface area contributed by atoms with E-state index >= 15 is 0 Å². The van der Waals surface area contributed by atoms with Crippen molar-refractivity contribution in [2.45, 2.75) is 18.6 Å². The lowest BCUT2D eigenvalue weighted by atomic mass is 10.1. The Labute approximate surface area is 217 Å². The molecule has 0 saturated carbocycles. The highest BCUT2D eigenvalue weighted by Gasteiger charge is 2.35. The number of amides is 1. The summed E-state index contributed by atoms with van der Waals surface area (Å²) in [4.78, 5) is 20.1. The van der Waals surface area contributed by atoms with E-state index in [1.54, 1.807) is 30.3 Å². The maximum Gasteiger partial charge on any atom is 0.573 e. The summed E-state index contributed by atoms with van der Waals surface area (Å²) >= 11 is 0. The van der Waals surface area contributed by atoms with Gasteiger partial charge in [0, 0.05) is 5.56 Å². The zero-order chi connectivity index (χ0) is 28.2. The number of amidine groups is 1. The molecular formula is C26H18F6N4O3. The van der Waals surface area contributed by atoms with Gasteiger partial charge in [0.25, 0.3) is 0 Å². The molecule has 1 amide bonds. The SMILES string of the molecule is NC(=NC=Nc1ccc(OC(F)(F)F)cc1)c1ccc(C2=CC2NC(=O)Oc2ccccc2C(F)(F)F)cc1. The standard InChI is InChI=1S/C26H18F6N4O3/c27-25(28,29)20-3-1-2-4-22(20)38-24(37)36-21-13-19(21)15-5-7-16(8-6-15)23(33)35-14-34-17-9-11-18(12-10-17)39-26(30,31)32/h1-14,21H,(H,36,37)(H2,33,34,35). The molecule has 0 spiro atoms. The van der Waals surface area contributed by atoms with Gasteiger partial charge < -0.3 is 20.5 Å². The van der Waals surface area contributed by atoms with Gasteiger partial charge in [-0.2, -0.15) is 13.2 Å². The molecule has 0 saturated heterocycles. The molecule has 7 nitrogen and oxygen atoms in total. The van der Waals surface area contributed by atoms with Crippen molar-refractivity contribution in [3.8, 4) is 11.5 Å². The molecule has 3 N–H and O–H groups in total. The molecule has 3 aromatic carbocycles. The Morgan fingerprint density at radius 2 is 1.59 bits per heavy atom. The number of ether oxygens (including phenoxy) is 2. The molecule has 0 heterocycles. The lowest BCUT2D eigenvalue weighted by Gasteiger charge is -2.13. The Morgan fingerprint density at radius 1 is 0.923 bits per heavy atom. The lowest BCUT2D eigenvalue weighted by molar-refractivity contribution is -0.274. The Kier molecular flexibility index (Phi) is 7.61. The minimum absolute atomic E-state index is 0.119. The normalized spacial score (nSPS) is 15.6. The van der Waals surface area contributed by atoms with Crippen LogP contribution < -0.4 is 20.5 Å². The monoisotopic (exact) mass is 548 g/mol. The van der Waals surface area contributed by atoms with E-state index in [9.17, 15) is 31.1 Å². The van der Waals surface area contributed by atoms with E-state index in [4.69, 9.17) is 10.5 Å². The van der Waals surface area contributed by atoms with Crippen molar-refractivity contribution in [1.82, 2.24) is 5.32 Å². The molecule has 0 aromatic heterocycles. The molecule has 0 bridgehead atoms. The summed E-state index contributed by atoms with van der Waals surface area (Å²) in [5, 5.41) is 2.47. The first-order chi connectivity index (χ1) is 18.4. The van der Waals surface area contributed by atoms with E-state index in [2.05, 4.69) is 20.0 Å². The minimum atomic E-state index is -4.79. The number of rotatable bonds is 7. The summed E-state index contributed by atoms with van der Waals surface area (Å²) in [7, 11) is 0. The zero-order valence-electron chi connectivity index (χ0n) is 19.6. The first kappa shape index (κ1) is 27.2. The van der Waals surface area contributed by atoms with Gasteiger partial charge in [-0.25, -0.2) is 14.8 Å². The second kappa shape index (κ2) is 10.9. The number of alkyl halides is 6. The van der Waals surface area contributed by atoms with E-state index in [1.807, 2.05) is 0 Å². The third-order valence-electron chi connectivity index (χ3n) is 5.23. The van der Waals surface area contributed by atoms with Gasteiger partial charge in [0.1, 0.15) is 23.7 Å². The highest BCUT2D eigenvalue weighted by molar-refractivity contribution is 6.02. The molecule has 202 valence electrons. The van der Waals surface area contributed by atoms with Crippen LogP contribution in [0.15, 0.2) is 88.9 Å². The number of nitrogens with one attached hydrogen (secondary N) is 1. The predicted molar refractivity (Wildman–Crippen MR) is 131 cm³/mol. The molecule has 39 heavy (non-hydrogen) atoms. The maximum atomic E-state index is 13.1. The summed E-state index contributed by atoms with van der Waals surface area (Å²) in [6.45, 7) is 0. The van der Waals surface area contributed by atoms with Crippen molar-refractivity contribution in [1.29, 1.82) is 0 Å². The Bertz CT molecular complexity index is 1430. The van der Waals surface area contributed by atoms with Gasteiger partial charge in [-0.05, 0) is 47.5 Å². The number of hydrogen-bond acceptors (Lipinski definition) is 4. The second-order valence-electron chi connectivity index (χ2n) is 8.01. The van der Waals surface area contributed by atoms with E-state index in [-0.39, 0.29) is 11.6 Å². The van der Waals surface area contributed by atoms with Gasteiger partial charge in [-0.3, -0.25) is 0 Å². The van der Waals surface area contributed by atoms with Crippen molar-refractivity contribution in [3.05, 3.63) is 95.6 Å². The third-order valence-corrected chi connectivity index (χ3v) is 5.23. The molecule has 1 aliphatic rings. The van der Waals surface area contributed by atoms with Gasteiger partial charge >= 0.3 is 18.6 Å². The molecule has 3 aromatic rings. The first-order valence-electron chi connectivity index (χ1n) is 11.1. The summed E-state index contributed by atoms with van der Waals surface area (Å²) in [5.74, 6) is -0.857. The topological polar surface area (TPSA) is 98.3 Å². The first-order valence-corrected chi connectivity index (χ1v) is 11.1. The highest BCUT2D eigenvalue weighted by Crippen LogP contribution is 2.36. The van der Waals surface area contributed by atoms with Crippen molar-refractivity contribution in [3.63, 3.8) is 0 Å². The number of aliphatic imine (C=N–C) groups is 2. The van der Waals surface area contributed by atoms with E-state index < -0.39 is 36.0 Å². The summed E-state index contributed by atoms with van der Waals surface area (Å²) < 4.78 is 84.5. The largest absolute Gasteiger partial charge is 0.573 e. The van der Waals surface area contributed by atoms with Crippen LogP contribution in [0.25, 0.3) is 5.57 Å². The molecular weight excluding hydrogens is 530 g/mol. The van der Waals surface area contributed by atoms with Crippen LogP contribution in [0, 0.1) is 0 Å². The molecule has 4 rings (SSSR count). The fraction of sp³-hybridized carbons (Fsp3) is 0.115. The average molecular weight is 548 g/mol. The molecule has 1 unspecified atom stereocenters. The number of nitrogens with two attached hydrogens (primary N) is 1. The zero-order valence-corrected chi connectivity index (χ0v) is 19.6. The molecule has 0 fully saturated rings. The van der Waals surface area contributed by atoms with Crippen LogP contribution in [0.4, 0.5) is 36.8 Å². The number of halogens is 6. The molecule has 0 aliphatic heterocycles. The summed E-state index contributed by atoms with van der Waals surface area (Å²) in [5.41, 5.74) is 7.24. The second-order valence-corrected chi connectivity index (χ2v) is 8.01. The number of carbonyl (C=O) groups is 1. The third kappa shape index (κ3) is 7.60. The highest BCUT2D eigenvalue weighted by atomic mass is 19.4. The van der Waals surface area contributed by atoms with Crippen LogP contribution >= 0.6 is 0 Å². The molecule has 13 heteroatoms. The van der Waals surface area contributed by atoms with Crippen LogP contribution in [-0.2, 0) is 6.18 Å². The van der Waals surface area contributed by atoms with Crippen LogP contribution in [0.5, 0.6) is 11.5 Å². The van der Waals surface area contributed by atoms with Crippen molar-refractivity contribution < 1.29 is 40.6 Å². The van der Waals surface area contributed by atoms with E-state index in [1.165, 1.54) is 24.3 Å². The van der Waals surface area contributed by atoms with Gasteiger partial charge in [0.15, 0.2) is 0 Å². The summed E-state index contributed by atoms with van der Waals surface area (Å²) in [6.07, 6.45) is -7.64. The van der Waals surface area contributed by atoms with Gasteiger partial charge in [0.2, 0.25) is 0 Å². The molecule has 1 aliphatic carbocycles. The Hall–Kier alpha value is -4.81. The van der Waals surface area contributed by atoms with Crippen molar-refractivity contribution >= 4 is 29.5 Å². The van der Waals surface area contributed by atoms with Gasteiger partial charge in [-0.1, -0.05) is 42.5 Å². The van der Waals surface area contributed by atoms with Crippen LogP contribution in [0.1, 0.15) is 16.7 Å². The molecule has 1 atom stereocenters. The van der Waals surface area contributed by atoms with Crippen LogP contribution in [0.2, 0.25) is 0 Å². The van der Waals surface area contributed by atoms with Crippen molar-refractivity contribution in [2.75, 3.05) is 0 Å². The van der Waals surface area contributed by atoms with Gasteiger partial charge in [-0.15, -0.1) is 13.2 Å². The fourth-order valence-electron chi connectivity index (χ4n) is 3.37. The minimum Gasteiger partial charge on any atom is -0.410 e. The quantitative estimate of drug-likeness (QED) is 0.208. The molecule has 0 radical (unpaired) electrons. The van der Waals surface area contributed by atoms with E-state index in [0.29, 0.717) is 11.3 Å². The Balaban J connectivity index is 1.30. The number of hydrogen-bond donors (Lipinski definition) is 2. The smallest absolute Gasteiger partial charge is 0.410 e. The Morgan fingerprint density at radius 3 is 2.23 bits per heavy atom. The summed E-state index contributed by atoms with van der Waals surface area (Å²) in [6, 6.07) is 15.5. The predicted octanol–water partition coefficient (Wildman–Crippen LogP) is 6.22. The van der Waals surface area contributed by atoms with E-state index in [0.717, 1.165) is 41.7 Å². The lowest BCUT2D eigenvalue weighted by Crippen LogP contribution is -2.30. The average Bonchev–Trinajstić information content (AvgIpc) is 3.62. The van der Waals surface area contributed by atoms with Crippen molar-refractivity contribution in [2.24, 2.45) is 15.7 Å². The van der Waals surface area contributed by atoms with Crippen LogP contribution in [-0.4, -0.2) is 30.7 Å². The van der Waals surface area contributed by atoms with Crippen LogP contribution in [0.3, 0.4) is 0 Å². The maximum absolute atomic E-state index is 13.1.